The Labute approximate surface area is 253 Å². The molecule has 5 rings (SSSR count). The average molecular weight is 618 g/mol. The number of hydrogen-bond acceptors (Lipinski definition) is 4. The number of nitrogens with zero attached hydrogens (tertiary/aromatic N) is 2. The Kier molecular flexibility index (Phi) is 11.1. The molecule has 2 N–H and O–H groups in total. The molecule has 2 amide bonds. The number of anilines is 1. The normalized spacial score (nSPS) is 16.6. The van der Waals surface area contributed by atoms with Crippen molar-refractivity contribution in [2.75, 3.05) is 32.5 Å². The highest BCUT2D eigenvalue weighted by molar-refractivity contribution is 7.89. The van der Waals surface area contributed by atoms with Crippen molar-refractivity contribution < 1.29 is 13.2 Å². The maximum Gasteiger partial charge on any atom is 0.321 e. The third-order valence-electron chi connectivity index (χ3n) is 7.84. The molecule has 41 heavy (non-hydrogen) atoms. The SMILES string of the molecule is CN(C(=O)Nc1cc(Cl)cc(Cl)c1)C1CCN(C2CCCC2)CC1.CNS(=O)(=O)c1cccc(-c2ccccc2)c1. The van der Waals surface area contributed by atoms with E-state index < -0.39 is 10.0 Å². The van der Waals surface area contributed by atoms with Gasteiger partial charge in [0.1, 0.15) is 0 Å². The highest BCUT2D eigenvalue weighted by Gasteiger charge is 2.30. The molecule has 1 heterocycles. The van der Waals surface area contributed by atoms with Crippen LogP contribution in [0, 0.1) is 0 Å². The Morgan fingerprint density at radius 3 is 2.07 bits per heavy atom. The van der Waals surface area contributed by atoms with E-state index in [9.17, 15) is 13.2 Å². The molecule has 220 valence electrons. The van der Waals surface area contributed by atoms with Gasteiger partial charge in [-0.25, -0.2) is 17.9 Å². The van der Waals surface area contributed by atoms with Crippen LogP contribution in [0.15, 0.2) is 77.7 Å². The average Bonchev–Trinajstić information content (AvgIpc) is 3.52. The van der Waals surface area contributed by atoms with Crippen LogP contribution in [-0.2, 0) is 10.0 Å². The molecule has 1 aliphatic heterocycles. The molecule has 10 heteroatoms. The van der Waals surface area contributed by atoms with Crippen LogP contribution in [-0.4, -0.2) is 63.5 Å². The minimum Gasteiger partial charge on any atom is -0.325 e. The summed E-state index contributed by atoms with van der Waals surface area (Å²) < 4.78 is 25.7. The van der Waals surface area contributed by atoms with E-state index >= 15 is 0 Å². The lowest BCUT2D eigenvalue weighted by Gasteiger charge is -2.39. The van der Waals surface area contributed by atoms with Crippen molar-refractivity contribution in [2.45, 2.75) is 55.5 Å². The van der Waals surface area contributed by atoms with E-state index in [0.717, 1.165) is 43.1 Å². The topological polar surface area (TPSA) is 81.8 Å². The smallest absolute Gasteiger partial charge is 0.321 e. The Hall–Kier alpha value is -2.62. The molecule has 2 aliphatic rings. The molecule has 0 atom stereocenters. The van der Waals surface area contributed by atoms with Crippen LogP contribution in [0.1, 0.15) is 38.5 Å². The number of carbonyl (C=O) groups excluding carboxylic acids is 1. The Morgan fingerprint density at radius 2 is 1.46 bits per heavy atom. The molecule has 0 radical (unpaired) electrons. The van der Waals surface area contributed by atoms with Crippen molar-refractivity contribution in [3.05, 3.63) is 82.8 Å². The zero-order chi connectivity index (χ0) is 29.4. The number of carbonyl (C=O) groups is 1. The number of piperidine rings is 1. The molecule has 1 saturated heterocycles. The number of rotatable bonds is 6. The van der Waals surface area contributed by atoms with Gasteiger partial charge in [0.15, 0.2) is 0 Å². The van der Waals surface area contributed by atoms with E-state index in [0.29, 0.717) is 15.7 Å². The fourth-order valence-corrected chi connectivity index (χ4v) is 6.80. The summed E-state index contributed by atoms with van der Waals surface area (Å²) >= 11 is 12.0. The molecular formula is C31H38Cl2N4O3S. The molecule has 1 saturated carbocycles. The number of hydrogen-bond donors (Lipinski definition) is 2. The number of benzene rings is 3. The van der Waals surface area contributed by atoms with Crippen LogP contribution in [0.2, 0.25) is 10.0 Å². The zero-order valence-corrected chi connectivity index (χ0v) is 25.9. The lowest BCUT2D eigenvalue weighted by atomic mass is 10.0. The van der Waals surface area contributed by atoms with Gasteiger partial charge in [-0.2, -0.15) is 0 Å². The summed E-state index contributed by atoms with van der Waals surface area (Å²) in [4.78, 5) is 17.2. The number of urea groups is 1. The molecule has 0 spiro atoms. The third kappa shape index (κ3) is 8.69. The summed E-state index contributed by atoms with van der Waals surface area (Å²) in [5.41, 5.74) is 2.52. The molecule has 1 aliphatic carbocycles. The highest BCUT2D eigenvalue weighted by atomic mass is 35.5. The fourth-order valence-electron chi connectivity index (χ4n) is 5.50. The maximum absolute atomic E-state index is 12.5. The van der Waals surface area contributed by atoms with Gasteiger partial charge in [-0.1, -0.05) is 78.5 Å². The maximum atomic E-state index is 12.5. The van der Waals surface area contributed by atoms with E-state index in [2.05, 4.69) is 14.9 Å². The Bertz CT molecular complexity index is 1390. The molecule has 0 bridgehead atoms. The Balaban J connectivity index is 0.000000201. The van der Waals surface area contributed by atoms with Gasteiger partial charge in [0.25, 0.3) is 0 Å². The first-order valence-electron chi connectivity index (χ1n) is 14.0. The van der Waals surface area contributed by atoms with Crippen LogP contribution >= 0.6 is 23.2 Å². The second-order valence-electron chi connectivity index (χ2n) is 10.5. The van der Waals surface area contributed by atoms with E-state index in [1.165, 1.54) is 32.7 Å². The fraction of sp³-hybridized carbons (Fsp3) is 0.387. The van der Waals surface area contributed by atoms with Crippen LogP contribution in [0.3, 0.4) is 0 Å². The first-order valence-corrected chi connectivity index (χ1v) is 16.2. The highest BCUT2D eigenvalue weighted by Crippen LogP contribution is 2.28. The number of halogens is 2. The van der Waals surface area contributed by atoms with Crippen LogP contribution in [0.4, 0.5) is 10.5 Å². The van der Waals surface area contributed by atoms with E-state index in [1.807, 2.05) is 48.3 Å². The first kappa shape index (κ1) is 31.3. The van der Waals surface area contributed by atoms with Crippen molar-refractivity contribution in [3.8, 4) is 11.1 Å². The van der Waals surface area contributed by atoms with Crippen molar-refractivity contribution in [3.63, 3.8) is 0 Å². The predicted molar refractivity (Wildman–Crippen MR) is 168 cm³/mol. The largest absolute Gasteiger partial charge is 0.325 e. The van der Waals surface area contributed by atoms with Gasteiger partial charge in [-0.15, -0.1) is 0 Å². The zero-order valence-electron chi connectivity index (χ0n) is 23.5. The number of nitrogens with one attached hydrogen (secondary N) is 2. The molecule has 7 nitrogen and oxygen atoms in total. The van der Waals surface area contributed by atoms with E-state index in [4.69, 9.17) is 23.2 Å². The molecular weight excluding hydrogens is 579 g/mol. The minimum absolute atomic E-state index is 0.104. The number of sulfonamides is 1. The summed E-state index contributed by atoms with van der Waals surface area (Å²) in [5, 5.41) is 3.93. The molecule has 0 aromatic heterocycles. The molecule has 3 aromatic carbocycles. The quantitative estimate of drug-likeness (QED) is 0.309. The third-order valence-corrected chi connectivity index (χ3v) is 9.69. The lowest BCUT2D eigenvalue weighted by molar-refractivity contribution is 0.111. The first-order chi connectivity index (χ1) is 19.7. The van der Waals surface area contributed by atoms with Crippen molar-refractivity contribution in [2.24, 2.45) is 0 Å². The second kappa shape index (κ2) is 14.5. The van der Waals surface area contributed by atoms with Gasteiger partial charge in [-0.05, 0) is 74.2 Å². The summed E-state index contributed by atoms with van der Waals surface area (Å²) in [6, 6.07) is 22.6. The van der Waals surface area contributed by atoms with Gasteiger partial charge in [0.05, 0.1) is 4.90 Å². The van der Waals surface area contributed by atoms with Gasteiger partial charge in [0, 0.05) is 48.0 Å². The standard InChI is InChI=1S/C18H25Cl2N3O.C13H13NO2S/c1-22(18(24)21-15-11-13(19)10-14(20)12-15)16-6-8-23(9-7-16)17-4-2-3-5-17;1-14-17(15,16)13-9-5-8-12(10-13)11-6-3-2-4-7-11/h10-12,16-17H,2-9H2,1H3,(H,21,24);2-10,14H,1H3. The van der Waals surface area contributed by atoms with Crippen molar-refractivity contribution in [1.29, 1.82) is 0 Å². The summed E-state index contributed by atoms with van der Waals surface area (Å²) in [6.07, 6.45) is 7.50. The summed E-state index contributed by atoms with van der Waals surface area (Å²) in [6.45, 7) is 2.19. The lowest BCUT2D eigenvalue weighted by Crippen LogP contribution is -2.49. The predicted octanol–water partition coefficient (Wildman–Crippen LogP) is 7.13. The van der Waals surface area contributed by atoms with Crippen LogP contribution < -0.4 is 10.0 Å². The monoisotopic (exact) mass is 616 g/mol. The van der Waals surface area contributed by atoms with Gasteiger partial charge in [-0.3, -0.25) is 0 Å². The second-order valence-corrected chi connectivity index (χ2v) is 13.3. The van der Waals surface area contributed by atoms with E-state index in [1.54, 1.807) is 36.4 Å². The van der Waals surface area contributed by atoms with E-state index in [-0.39, 0.29) is 17.0 Å². The Morgan fingerprint density at radius 1 is 0.854 bits per heavy atom. The van der Waals surface area contributed by atoms with Crippen molar-refractivity contribution in [1.82, 2.24) is 14.5 Å². The molecule has 3 aromatic rings. The number of amides is 2. The summed E-state index contributed by atoms with van der Waals surface area (Å²) in [5.74, 6) is 0. The summed E-state index contributed by atoms with van der Waals surface area (Å²) in [7, 11) is -0.0990. The molecule has 2 fully saturated rings. The molecule has 0 unspecified atom stereocenters. The van der Waals surface area contributed by atoms with Gasteiger partial charge in [0.2, 0.25) is 10.0 Å². The van der Waals surface area contributed by atoms with Gasteiger partial charge >= 0.3 is 6.03 Å². The van der Waals surface area contributed by atoms with Gasteiger partial charge < -0.3 is 15.1 Å². The minimum atomic E-state index is -3.38. The number of likely N-dealkylation sites (tertiary alicyclic amines) is 1. The van der Waals surface area contributed by atoms with Crippen LogP contribution in [0.5, 0.6) is 0 Å². The van der Waals surface area contributed by atoms with Crippen molar-refractivity contribution >= 4 is 44.9 Å². The van der Waals surface area contributed by atoms with Crippen LogP contribution in [0.25, 0.3) is 11.1 Å².